The zero-order valence-electron chi connectivity index (χ0n) is 18.6. The van der Waals surface area contributed by atoms with Crippen molar-refractivity contribution in [2.24, 2.45) is 0 Å². The summed E-state index contributed by atoms with van der Waals surface area (Å²) in [6.07, 6.45) is 1.80. The minimum atomic E-state index is 0.455. The van der Waals surface area contributed by atoms with Crippen LogP contribution in [0.15, 0.2) is 71.4 Å². The molecule has 0 amide bonds. The minimum absolute atomic E-state index is 0.455. The fourth-order valence-corrected chi connectivity index (χ4v) is 4.06. The molecular formula is C25H25N5O3. The highest BCUT2D eigenvalue weighted by atomic mass is 16.5. The largest absolute Gasteiger partial charge is 0.497 e. The van der Waals surface area contributed by atoms with Gasteiger partial charge in [-0.05, 0) is 48.5 Å². The van der Waals surface area contributed by atoms with Crippen molar-refractivity contribution in [1.29, 1.82) is 0 Å². The topological polar surface area (TPSA) is 76.8 Å². The van der Waals surface area contributed by atoms with Gasteiger partial charge in [0.05, 0.1) is 25.5 Å². The maximum Gasteiger partial charge on any atom is 0.261 e. The standard InChI is InChI=1S/C25H25N5O3/c1-31-19-11-9-18(10-12-19)23-27-25(33-28-23)20-6-5-13-26-24(20)30-16-14-29(15-17-30)21-7-3-4-8-22(21)32-2/h3-13H,14-17H2,1-2H3. The summed E-state index contributed by atoms with van der Waals surface area (Å²) in [7, 11) is 3.35. The Morgan fingerprint density at radius 1 is 0.818 bits per heavy atom. The fourth-order valence-electron chi connectivity index (χ4n) is 4.06. The fraction of sp³-hybridized carbons (Fsp3) is 0.240. The number of ether oxygens (including phenoxy) is 2. The van der Waals surface area contributed by atoms with Crippen LogP contribution in [0.25, 0.3) is 22.8 Å². The van der Waals surface area contributed by atoms with Gasteiger partial charge in [-0.1, -0.05) is 17.3 Å². The van der Waals surface area contributed by atoms with Crippen molar-refractivity contribution in [3.63, 3.8) is 0 Å². The first kappa shape index (κ1) is 20.8. The van der Waals surface area contributed by atoms with Crippen molar-refractivity contribution in [3.8, 4) is 34.3 Å². The van der Waals surface area contributed by atoms with E-state index in [-0.39, 0.29) is 0 Å². The highest BCUT2D eigenvalue weighted by Crippen LogP contribution is 2.32. The molecular weight excluding hydrogens is 418 g/mol. The first-order valence-electron chi connectivity index (χ1n) is 10.8. The Balaban J connectivity index is 1.35. The van der Waals surface area contributed by atoms with E-state index in [0.29, 0.717) is 11.7 Å². The number of para-hydroxylation sites is 2. The van der Waals surface area contributed by atoms with Crippen molar-refractivity contribution in [2.45, 2.75) is 0 Å². The van der Waals surface area contributed by atoms with Crippen LogP contribution in [-0.2, 0) is 0 Å². The molecule has 0 radical (unpaired) electrons. The van der Waals surface area contributed by atoms with E-state index < -0.39 is 0 Å². The molecule has 1 saturated heterocycles. The molecule has 8 nitrogen and oxygen atoms in total. The van der Waals surface area contributed by atoms with Gasteiger partial charge in [0.15, 0.2) is 0 Å². The van der Waals surface area contributed by atoms with Crippen molar-refractivity contribution in [2.75, 3.05) is 50.2 Å². The van der Waals surface area contributed by atoms with Crippen molar-refractivity contribution < 1.29 is 14.0 Å². The number of pyridine rings is 1. The lowest BCUT2D eigenvalue weighted by Crippen LogP contribution is -2.47. The molecule has 0 spiro atoms. The number of piperazine rings is 1. The molecule has 0 saturated carbocycles. The van der Waals surface area contributed by atoms with Gasteiger partial charge < -0.3 is 23.8 Å². The summed E-state index contributed by atoms with van der Waals surface area (Å²) in [5, 5.41) is 4.18. The highest BCUT2D eigenvalue weighted by molar-refractivity contribution is 5.72. The Labute approximate surface area is 192 Å². The molecule has 1 aliphatic heterocycles. The van der Waals surface area contributed by atoms with Gasteiger partial charge in [-0.2, -0.15) is 4.98 Å². The van der Waals surface area contributed by atoms with Gasteiger partial charge in [-0.25, -0.2) is 4.98 Å². The summed E-state index contributed by atoms with van der Waals surface area (Å²) in [6, 6.07) is 19.6. The summed E-state index contributed by atoms with van der Waals surface area (Å²) < 4.78 is 16.4. The zero-order valence-corrected chi connectivity index (χ0v) is 18.6. The van der Waals surface area contributed by atoms with E-state index >= 15 is 0 Å². The van der Waals surface area contributed by atoms with E-state index in [4.69, 9.17) is 14.0 Å². The van der Waals surface area contributed by atoms with E-state index in [1.165, 1.54) is 0 Å². The van der Waals surface area contributed by atoms with Gasteiger partial charge >= 0.3 is 0 Å². The van der Waals surface area contributed by atoms with Gasteiger partial charge in [0.2, 0.25) is 5.82 Å². The molecule has 2 aromatic heterocycles. The van der Waals surface area contributed by atoms with Crippen LogP contribution in [0.2, 0.25) is 0 Å². The van der Waals surface area contributed by atoms with E-state index in [0.717, 1.165) is 60.3 Å². The molecule has 0 N–H and O–H groups in total. The third-order valence-electron chi connectivity index (χ3n) is 5.80. The molecule has 0 unspecified atom stereocenters. The lowest BCUT2D eigenvalue weighted by Gasteiger charge is -2.37. The summed E-state index contributed by atoms with van der Waals surface area (Å²) in [5.74, 6) is 3.51. The Morgan fingerprint density at radius 3 is 2.33 bits per heavy atom. The summed E-state index contributed by atoms with van der Waals surface area (Å²) in [4.78, 5) is 13.9. The Kier molecular flexibility index (Phi) is 5.80. The second-order valence-corrected chi connectivity index (χ2v) is 7.67. The Bertz CT molecular complexity index is 1220. The van der Waals surface area contributed by atoms with Crippen LogP contribution in [-0.4, -0.2) is 55.5 Å². The molecule has 0 aliphatic carbocycles. The molecule has 8 heteroatoms. The molecule has 4 aromatic rings. The molecule has 1 aliphatic rings. The van der Waals surface area contributed by atoms with Crippen LogP contribution in [0.3, 0.4) is 0 Å². The Morgan fingerprint density at radius 2 is 1.58 bits per heavy atom. The Hall–Kier alpha value is -4.07. The SMILES string of the molecule is COc1ccc(-c2noc(-c3cccnc3N3CCN(c4ccccc4OC)CC3)n2)cc1. The van der Waals surface area contributed by atoms with Gasteiger partial charge in [0.1, 0.15) is 17.3 Å². The second-order valence-electron chi connectivity index (χ2n) is 7.67. The number of aromatic nitrogens is 3. The van der Waals surface area contributed by atoms with E-state index in [9.17, 15) is 0 Å². The first-order valence-corrected chi connectivity index (χ1v) is 10.8. The van der Waals surface area contributed by atoms with E-state index in [1.54, 1.807) is 20.4 Å². The van der Waals surface area contributed by atoms with Crippen LogP contribution in [0, 0.1) is 0 Å². The molecule has 2 aromatic carbocycles. The average molecular weight is 444 g/mol. The summed E-state index contributed by atoms with van der Waals surface area (Å²) in [5.41, 5.74) is 2.80. The number of nitrogens with zero attached hydrogens (tertiary/aromatic N) is 5. The first-order chi connectivity index (χ1) is 16.3. The van der Waals surface area contributed by atoms with Crippen LogP contribution in [0.5, 0.6) is 11.5 Å². The minimum Gasteiger partial charge on any atom is -0.497 e. The van der Waals surface area contributed by atoms with Gasteiger partial charge in [0.25, 0.3) is 5.89 Å². The number of methoxy groups -OCH3 is 2. The second kappa shape index (κ2) is 9.20. The molecule has 5 rings (SSSR count). The quantitative estimate of drug-likeness (QED) is 0.440. The molecule has 168 valence electrons. The van der Waals surface area contributed by atoms with Crippen LogP contribution in [0.4, 0.5) is 11.5 Å². The van der Waals surface area contributed by atoms with Gasteiger partial charge in [-0.15, -0.1) is 0 Å². The molecule has 33 heavy (non-hydrogen) atoms. The van der Waals surface area contributed by atoms with Crippen molar-refractivity contribution >= 4 is 11.5 Å². The van der Waals surface area contributed by atoms with Crippen LogP contribution >= 0.6 is 0 Å². The number of anilines is 2. The molecule has 0 atom stereocenters. The molecule has 1 fully saturated rings. The lowest BCUT2D eigenvalue weighted by molar-refractivity contribution is 0.413. The summed E-state index contributed by atoms with van der Waals surface area (Å²) >= 11 is 0. The summed E-state index contributed by atoms with van der Waals surface area (Å²) in [6.45, 7) is 3.36. The maximum atomic E-state index is 5.63. The number of hydrogen-bond donors (Lipinski definition) is 0. The van der Waals surface area contributed by atoms with Crippen LogP contribution in [0.1, 0.15) is 0 Å². The molecule has 0 bridgehead atoms. The van der Waals surface area contributed by atoms with Crippen molar-refractivity contribution in [1.82, 2.24) is 15.1 Å². The van der Waals surface area contributed by atoms with Crippen LogP contribution < -0.4 is 19.3 Å². The van der Waals surface area contributed by atoms with E-state index in [2.05, 4.69) is 31.0 Å². The third-order valence-corrected chi connectivity index (χ3v) is 5.80. The number of benzene rings is 2. The maximum absolute atomic E-state index is 5.63. The number of hydrogen-bond acceptors (Lipinski definition) is 8. The van der Waals surface area contributed by atoms with E-state index in [1.807, 2.05) is 54.6 Å². The predicted octanol–water partition coefficient (Wildman–Crippen LogP) is 4.14. The lowest BCUT2D eigenvalue weighted by atomic mass is 10.2. The average Bonchev–Trinajstić information content (AvgIpc) is 3.39. The van der Waals surface area contributed by atoms with Gasteiger partial charge in [-0.3, -0.25) is 0 Å². The normalized spacial score (nSPS) is 13.8. The zero-order chi connectivity index (χ0) is 22.6. The van der Waals surface area contributed by atoms with Gasteiger partial charge in [0, 0.05) is 37.9 Å². The third kappa shape index (κ3) is 4.19. The highest BCUT2D eigenvalue weighted by Gasteiger charge is 2.24. The monoisotopic (exact) mass is 443 g/mol. The number of rotatable bonds is 6. The predicted molar refractivity (Wildman–Crippen MR) is 127 cm³/mol. The smallest absolute Gasteiger partial charge is 0.261 e. The van der Waals surface area contributed by atoms with Crippen molar-refractivity contribution in [3.05, 3.63) is 66.9 Å². The molecule has 3 heterocycles.